The summed E-state index contributed by atoms with van der Waals surface area (Å²) >= 11 is 0. The molecule has 0 bridgehead atoms. The minimum absolute atomic E-state index is 0.167. The molecule has 0 amide bonds. The van der Waals surface area contributed by atoms with Crippen molar-refractivity contribution in [1.29, 1.82) is 0 Å². The van der Waals surface area contributed by atoms with Crippen molar-refractivity contribution < 1.29 is 11.3 Å². The number of hydrogen-bond acceptors (Lipinski definition) is 1. The molecular formula is C40H24O. The predicted molar refractivity (Wildman–Crippen MR) is 175 cm³/mol. The fraction of sp³-hybridized carbons (Fsp3) is 0. The van der Waals surface area contributed by atoms with Crippen LogP contribution in [-0.4, -0.2) is 0 Å². The summed E-state index contributed by atoms with van der Waals surface area (Å²) < 4.78 is 49.9. The molecule has 0 aliphatic rings. The van der Waals surface area contributed by atoms with E-state index in [1.165, 1.54) is 0 Å². The molecule has 9 rings (SSSR count). The zero-order valence-corrected chi connectivity index (χ0v) is 21.9. The van der Waals surface area contributed by atoms with Crippen molar-refractivity contribution >= 4 is 65.0 Å². The molecule has 1 heterocycles. The first-order valence-electron chi connectivity index (χ1n) is 16.2. The van der Waals surface area contributed by atoms with Gasteiger partial charge in [-0.1, -0.05) is 121 Å². The lowest BCUT2D eigenvalue weighted by molar-refractivity contribution is 0.669. The molecular weight excluding hydrogens is 496 g/mol. The Morgan fingerprint density at radius 1 is 0.439 bits per heavy atom. The Labute approximate surface area is 243 Å². The molecule has 0 atom stereocenters. The van der Waals surface area contributed by atoms with E-state index in [0.29, 0.717) is 11.1 Å². The normalized spacial score (nSPS) is 13.6. The quantitative estimate of drug-likeness (QED) is 0.162. The third-order valence-electron chi connectivity index (χ3n) is 8.29. The largest absolute Gasteiger partial charge is 0.456 e. The molecule has 0 spiro atoms. The van der Waals surface area contributed by atoms with E-state index in [1.807, 2.05) is 54.6 Å². The Kier molecular flexibility index (Phi) is 3.76. The smallest absolute Gasteiger partial charge is 0.136 e. The first-order valence-corrected chi connectivity index (χ1v) is 13.7. The summed E-state index contributed by atoms with van der Waals surface area (Å²) in [7, 11) is 0. The van der Waals surface area contributed by atoms with Crippen LogP contribution in [0.5, 0.6) is 0 Å². The molecule has 0 N–H and O–H groups in total. The fourth-order valence-corrected chi connectivity index (χ4v) is 6.50. The van der Waals surface area contributed by atoms with Gasteiger partial charge in [-0.05, 0) is 84.0 Å². The first kappa shape index (κ1) is 18.0. The molecule has 0 fully saturated rings. The standard InChI is InChI=1S/C40H24O/c1-2-10-25(11-3-1)32-20-21-36-39(35-22-27-13-4-5-14-28(27)24-37(35)41-36)40(32)38-31-17-9-7-15-29(31)23-34-30-16-8-6-12-26(30)18-19-33(34)38/h1-24H/i1D,2D,3D,10D,11D. The van der Waals surface area contributed by atoms with Gasteiger partial charge in [-0.15, -0.1) is 0 Å². The highest BCUT2D eigenvalue weighted by atomic mass is 16.3. The van der Waals surface area contributed by atoms with Crippen LogP contribution in [0.15, 0.2) is 150 Å². The number of fused-ring (bicyclic) bond motifs is 8. The van der Waals surface area contributed by atoms with Gasteiger partial charge in [0, 0.05) is 16.3 Å². The average molecular weight is 526 g/mol. The van der Waals surface area contributed by atoms with Crippen LogP contribution in [0.2, 0.25) is 0 Å². The second kappa shape index (κ2) is 8.55. The van der Waals surface area contributed by atoms with E-state index in [0.717, 1.165) is 70.6 Å². The van der Waals surface area contributed by atoms with Crippen molar-refractivity contribution in [3.8, 4) is 22.3 Å². The van der Waals surface area contributed by atoms with E-state index in [9.17, 15) is 0 Å². The first-order chi connectivity index (χ1) is 22.4. The maximum Gasteiger partial charge on any atom is 0.136 e. The molecule has 0 aliphatic carbocycles. The molecule has 0 radical (unpaired) electrons. The zero-order valence-electron chi connectivity index (χ0n) is 26.9. The van der Waals surface area contributed by atoms with Crippen LogP contribution in [0.3, 0.4) is 0 Å². The van der Waals surface area contributed by atoms with E-state index in [2.05, 4.69) is 60.7 Å². The van der Waals surface area contributed by atoms with E-state index in [1.54, 1.807) is 0 Å². The number of hydrogen-bond donors (Lipinski definition) is 0. The Morgan fingerprint density at radius 2 is 1.12 bits per heavy atom. The van der Waals surface area contributed by atoms with Crippen molar-refractivity contribution in [2.24, 2.45) is 0 Å². The molecule has 1 aromatic heterocycles. The lowest BCUT2D eigenvalue weighted by Crippen LogP contribution is -1.91. The van der Waals surface area contributed by atoms with Gasteiger partial charge in [0.05, 0.1) is 6.85 Å². The maximum atomic E-state index is 9.01. The van der Waals surface area contributed by atoms with E-state index in [4.69, 9.17) is 11.3 Å². The second-order valence-corrected chi connectivity index (χ2v) is 10.5. The van der Waals surface area contributed by atoms with Gasteiger partial charge in [-0.25, -0.2) is 0 Å². The van der Waals surface area contributed by atoms with Gasteiger partial charge in [-0.3, -0.25) is 0 Å². The Balaban J connectivity index is 1.57. The summed E-state index contributed by atoms with van der Waals surface area (Å²) in [5, 5.41) is 10.2. The summed E-state index contributed by atoms with van der Waals surface area (Å²) in [6.07, 6.45) is 0. The molecule has 1 nitrogen and oxygen atoms in total. The van der Waals surface area contributed by atoms with Crippen LogP contribution in [0.25, 0.3) is 87.3 Å². The predicted octanol–water partition coefficient (Wildman–Crippen LogP) is 11.5. The highest BCUT2D eigenvalue weighted by molar-refractivity contribution is 6.27. The van der Waals surface area contributed by atoms with Crippen LogP contribution in [0.4, 0.5) is 0 Å². The molecule has 8 aromatic carbocycles. The maximum absolute atomic E-state index is 9.01. The van der Waals surface area contributed by atoms with Gasteiger partial charge < -0.3 is 4.42 Å². The van der Waals surface area contributed by atoms with Crippen molar-refractivity contribution in [3.05, 3.63) is 145 Å². The van der Waals surface area contributed by atoms with Gasteiger partial charge in [0.1, 0.15) is 11.2 Å². The molecule has 1 heteroatoms. The second-order valence-electron chi connectivity index (χ2n) is 10.5. The Hall–Kier alpha value is -5.40. The third kappa shape index (κ3) is 3.30. The Bertz CT molecular complexity index is 2730. The minimum Gasteiger partial charge on any atom is -0.456 e. The molecule has 190 valence electrons. The molecule has 0 unspecified atom stereocenters. The van der Waals surface area contributed by atoms with E-state index in [-0.39, 0.29) is 29.7 Å². The lowest BCUT2D eigenvalue weighted by Gasteiger charge is -2.18. The highest BCUT2D eigenvalue weighted by Crippen LogP contribution is 2.48. The zero-order chi connectivity index (χ0) is 31.3. The van der Waals surface area contributed by atoms with Gasteiger partial charge in [0.25, 0.3) is 0 Å². The molecule has 9 aromatic rings. The van der Waals surface area contributed by atoms with Crippen molar-refractivity contribution in [3.63, 3.8) is 0 Å². The molecule has 0 saturated carbocycles. The van der Waals surface area contributed by atoms with Gasteiger partial charge in [0.2, 0.25) is 0 Å². The van der Waals surface area contributed by atoms with E-state index >= 15 is 0 Å². The summed E-state index contributed by atoms with van der Waals surface area (Å²) in [5.41, 5.74) is 3.83. The fourth-order valence-electron chi connectivity index (χ4n) is 6.50. The number of benzene rings is 8. The average Bonchev–Trinajstić information content (AvgIpc) is 3.45. The lowest BCUT2D eigenvalue weighted by atomic mass is 9.84. The van der Waals surface area contributed by atoms with E-state index < -0.39 is 6.04 Å². The minimum atomic E-state index is -0.413. The third-order valence-corrected chi connectivity index (χ3v) is 8.29. The van der Waals surface area contributed by atoms with Gasteiger partial charge in [0.15, 0.2) is 0 Å². The van der Waals surface area contributed by atoms with Crippen LogP contribution in [0.1, 0.15) is 6.85 Å². The van der Waals surface area contributed by atoms with Crippen LogP contribution in [0, 0.1) is 0 Å². The Morgan fingerprint density at radius 3 is 1.95 bits per heavy atom. The summed E-state index contributed by atoms with van der Waals surface area (Å²) in [6, 6.07) is 37.5. The van der Waals surface area contributed by atoms with Crippen LogP contribution in [-0.2, 0) is 0 Å². The molecule has 0 saturated heterocycles. The summed E-state index contributed by atoms with van der Waals surface area (Å²) in [5.74, 6) is 0. The molecule has 41 heavy (non-hydrogen) atoms. The number of furan rings is 1. The van der Waals surface area contributed by atoms with Gasteiger partial charge >= 0.3 is 0 Å². The SMILES string of the molecule is [2H]c1c([2H])c([2H])c(-c2ccc3oc4cc5ccccc5cc4c3c2-c2c3ccccc3cc3c2ccc2ccccc23)c([2H])c1[2H]. The highest BCUT2D eigenvalue weighted by Gasteiger charge is 2.22. The van der Waals surface area contributed by atoms with Crippen molar-refractivity contribution in [2.45, 2.75) is 0 Å². The monoisotopic (exact) mass is 525 g/mol. The van der Waals surface area contributed by atoms with Crippen LogP contribution >= 0.6 is 0 Å². The molecule has 0 aliphatic heterocycles. The topological polar surface area (TPSA) is 13.1 Å². The summed E-state index contributed by atoms with van der Waals surface area (Å²) in [4.78, 5) is 0. The van der Waals surface area contributed by atoms with Crippen molar-refractivity contribution in [1.82, 2.24) is 0 Å². The van der Waals surface area contributed by atoms with Gasteiger partial charge in [-0.2, -0.15) is 0 Å². The summed E-state index contributed by atoms with van der Waals surface area (Å²) in [6.45, 7) is 0. The van der Waals surface area contributed by atoms with Crippen LogP contribution < -0.4 is 0 Å². The van der Waals surface area contributed by atoms with Crippen molar-refractivity contribution in [2.75, 3.05) is 0 Å². The number of rotatable bonds is 2.